The number of hydrogen-bond acceptors (Lipinski definition) is 4. The topological polar surface area (TPSA) is 87.6 Å². The largest absolute Gasteiger partial charge is 0.463 e. The van der Waals surface area contributed by atoms with Crippen LogP contribution in [0.5, 0.6) is 0 Å². The van der Waals surface area contributed by atoms with Gasteiger partial charge >= 0.3 is 0 Å². The molecular formula is C23H18N4O2. The summed E-state index contributed by atoms with van der Waals surface area (Å²) in [7, 11) is 0. The van der Waals surface area contributed by atoms with E-state index in [0.717, 1.165) is 39.1 Å². The Bertz CT molecular complexity index is 1450. The summed E-state index contributed by atoms with van der Waals surface area (Å²) in [5, 5.41) is 0.556. The van der Waals surface area contributed by atoms with Crippen LogP contribution in [0.3, 0.4) is 0 Å². The second-order valence-corrected chi connectivity index (χ2v) is 7.06. The number of benzene rings is 2. The molecule has 0 aliphatic carbocycles. The Morgan fingerprint density at radius 2 is 1.83 bits per heavy atom. The molecule has 3 aromatic heterocycles. The highest BCUT2D eigenvalue weighted by molar-refractivity contribution is 5.89. The van der Waals surface area contributed by atoms with Crippen LogP contribution in [-0.2, 0) is 0 Å². The Morgan fingerprint density at radius 3 is 2.66 bits per heavy atom. The van der Waals surface area contributed by atoms with E-state index < -0.39 is 0 Å². The monoisotopic (exact) mass is 382 g/mol. The highest BCUT2D eigenvalue weighted by Crippen LogP contribution is 2.27. The quantitative estimate of drug-likeness (QED) is 0.463. The minimum absolute atomic E-state index is 0.0521. The number of aromatic amines is 2. The maximum absolute atomic E-state index is 13.0. The summed E-state index contributed by atoms with van der Waals surface area (Å²) in [5.74, 6) is 0. The van der Waals surface area contributed by atoms with Crippen LogP contribution < -0.4 is 5.43 Å². The number of imidazole rings is 2. The van der Waals surface area contributed by atoms with Crippen LogP contribution >= 0.6 is 0 Å². The van der Waals surface area contributed by atoms with Crippen LogP contribution in [-0.4, -0.2) is 19.9 Å². The third-order valence-corrected chi connectivity index (χ3v) is 5.18. The van der Waals surface area contributed by atoms with Gasteiger partial charge in [0.05, 0.1) is 40.3 Å². The molecule has 0 saturated heterocycles. The molecule has 0 radical (unpaired) electrons. The van der Waals surface area contributed by atoms with Crippen molar-refractivity contribution < 1.29 is 4.42 Å². The Morgan fingerprint density at radius 1 is 1.03 bits per heavy atom. The van der Waals surface area contributed by atoms with E-state index in [9.17, 15) is 4.79 Å². The van der Waals surface area contributed by atoms with E-state index in [1.165, 1.54) is 6.26 Å². The van der Waals surface area contributed by atoms with E-state index in [1.54, 1.807) is 12.7 Å². The van der Waals surface area contributed by atoms with Crippen LogP contribution in [0.1, 0.15) is 23.9 Å². The lowest BCUT2D eigenvalue weighted by Crippen LogP contribution is -2.07. The summed E-state index contributed by atoms with van der Waals surface area (Å²) in [6.45, 7) is 3.83. The second-order valence-electron chi connectivity index (χ2n) is 7.06. The normalized spacial score (nSPS) is 12.1. The molecule has 0 atom stereocenters. The van der Waals surface area contributed by atoms with Crippen molar-refractivity contribution in [1.29, 1.82) is 0 Å². The summed E-state index contributed by atoms with van der Waals surface area (Å²) in [4.78, 5) is 27.7. The molecule has 6 heteroatoms. The van der Waals surface area contributed by atoms with E-state index in [-0.39, 0.29) is 5.43 Å². The van der Waals surface area contributed by atoms with E-state index in [4.69, 9.17) is 4.42 Å². The first kappa shape index (κ1) is 17.2. The molecule has 142 valence electrons. The first-order chi connectivity index (χ1) is 14.1. The molecule has 5 aromatic rings. The maximum atomic E-state index is 13.0. The number of aryl methyl sites for hydroxylation is 1. The zero-order chi connectivity index (χ0) is 20.0. The van der Waals surface area contributed by atoms with Gasteiger partial charge in [-0.1, -0.05) is 12.1 Å². The van der Waals surface area contributed by atoms with Crippen LogP contribution in [0, 0.1) is 6.92 Å². The summed E-state index contributed by atoms with van der Waals surface area (Å²) in [6, 6.07) is 11.7. The van der Waals surface area contributed by atoms with Crippen molar-refractivity contribution in [1.82, 2.24) is 19.9 Å². The molecule has 0 aliphatic heterocycles. The van der Waals surface area contributed by atoms with E-state index in [0.29, 0.717) is 16.5 Å². The first-order valence-electron chi connectivity index (χ1n) is 9.28. The van der Waals surface area contributed by atoms with Gasteiger partial charge in [0.1, 0.15) is 11.8 Å². The summed E-state index contributed by atoms with van der Waals surface area (Å²) < 4.78 is 5.84. The predicted octanol–water partition coefficient (Wildman–Crippen LogP) is 4.93. The Kier molecular flexibility index (Phi) is 3.91. The third-order valence-electron chi connectivity index (χ3n) is 5.18. The smallest absolute Gasteiger partial charge is 0.200 e. The van der Waals surface area contributed by atoms with Crippen LogP contribution in [0.15, 0.2) is 64.5 Å². The van der Waals surface area contributed by atoms with Gasteiger partial charge in [-0.25, -0.2) is 9.97 Å². The molecule has 3 heterocycles. The summed E-state index contributed by atoms with van der Waals surface area (Å²) >= 11 is 0. The number of rotatable bonds is 3. The molecule has 0 aliphatic rings. The number of aromatic nitrogens is 4. The number of H-pyrrole nitrogens is 2. The van der Waals surface area contributed by atoms with Gasteiger partial charge in [-0.3, -0.25) is 4.79 Å². The standard InChI is InChI=1S/C23H18N4O2/c1-13(7-20-14(2)24-11-26-20)18-10-29-22-9-16(3-5-17(22)23(18)28)15-4-6-19-21(8-15)27-12-25-19/h3-12H,1-2H3,(H,24,26)(H,25,27)/b13-7+. The Balaban J connectivity index is 1.58. The van der Waals surface area contributed by atoms with Gasteiger partial charge in [0.2, 0.25) is 0 Å². The van der Waals surface area contributed by atoms with Gasteiger partial charge in [0.25, 0.3) is 0 Å². The van der Waals surface area contributed by atoms with Crippen molar-refractivity contribution in [3.63, 3.8) is 0 Å². The van der Waals surface area contributed by atoms with E-state index >= 15 is 0 Å². The van der Waals surface area contributed by atoms with Gasteiger partial charge in [0, 0.05) is 5.69 Å². The van der Waals surface area contributed by atoms with Gasteiger partial charge in [-0.2, -0.15) is 0 Å². The molecule has 5 rings (SSSR count). The van der Waals surface area contributed by atoms with Crippen molar-refractivity contribution >= 4 is 33.7 Å². The molecule has 0 amide bonds. The number of nitrogens with zero attached hydrogens (tertiary/aromatic N) is 2. The summed E-state index contributed by atoms with van der Waals surface area (Å²) in [5.41, 5.74) is 7.50. The first-order valence-corrected chi connectivity index (χ1v) is 9.28. The molecule has 0 unspecified atom stereocenters. The second kappa shape index (κ2) is 6.60. The van der Waals surface area contributed by atoms with Crippen molar-refractivity contribution in [2.24, 2.45) is 0 Å². The lowest BCUT2D eigenvalue weighted by Gasteiger charge is -2.06. The summed E-state index contributed by atoms with van der Waals surface area (Å²) in [6.07, 6.45) is 6.73. The number of allylic oxidation sites excluding steroid dienone is 1. The fourth-order valence-electron chi connectivity index (χ4n) is 3.49. The minimum Gasteiger partial charge on any atom is -0.463 e. The maximum Gasteiger partial charge on any atom is 0.200 e. The fraction of sp³-hybridized carbons (Fsp3) is 0.0870. The third kappa shape index (κ3) is 2.95. The Hall–Kier alpha value is -3.93. The predicted molar refractivity (Wildman–Crippen MR) is 114 cm³/mol. The molecular weight excluding hydrogens is 364 g/mol. The highest BCUT2D eigenvalue weighted by atomic mass is 16.3. The van der Waals surface area contributed by atoms with E-state index in [1.807, 2.05) is 56.3 Å². The van der Waals surface area contributed by atoms with Gasteiger partial charge in [0.15, 0.2) is 5.43 Å². The molecule has 0 fully saturated rings. The van der Waals surface area contributed by atoms with Crippen LogP contribution in [0.2, 0.25) is 0 Å². The molecule has 2 N–H and O–H groups in total. The molecule has 0 bridgehead atoms. The zero-order valence-corrected chi connectivity index (χ0v) is 16.0. The lowest BCUT2D eigenvalue weighted by atomic mass is 10.0. The van der Waals surface area contributed by atoms with Gasteiger partial charge in [-0.05, 0) is 60.9 Å². The van der Waals surface area contributed by atoms with E-state index in [2.05, 4.69) is 19.9 Å². The highest BCUT2D eigenvalue weighted by Gasteiger charge is 2.11. The van der Waals surface area contributed by atoms with Gasteiger partial charge < -0.3 is 14.4 Å². The lowest BCUT2D eigenvalue weighted by molar-refractivity contribution is 0.600. The number of nitrogens with one attached hydrogen (secondary N) is 2. The van der Waals surface area contributed by atoms with Crippen molar-refractivity contribution in [3.05, 3.63) is 82.5 Å². The average molecular weight is 382 g/mol. The average Bonchev–Trinajstić information content (AvgIpc) is 3.36. The van der Waals surface area contributed by atoms with Crippen molar-refractivity contribution in [3.8, 4) is 11.1 Å². The molecule has 0 saturated carbocycles. The Labute approximate surface area is 166 Å². The van der Waals surface area contributed by atoms with Crippen LogP contribution in [0.25, 0.3) is 44.8 Å². The molecule has 2 aromatic carbocycles. The number of fused-ring (bicyclic) bond motifs is 2. The van der Waals surface area contributed by atoms with Crippen molar-refractivity contribution in [2.75, 3.05) is 0 Å². The molecule has 6 nitrogen and oxygen atoms in total. The molecule has 0 spiro atoms. The number of hydrogen-bond donors (Lipinski definition) is 2. The van der Waals surface area contributed by atoms with Crippen LogP contribution in [0.4, 0.5) is 0 Å². The molecule has 29 heavy (non-hydrogen) atoms. The zero-order valence-electron chi connectivity index (χ0n) is 16.0. The minimum atomic E-state index is -0.0521. The van der Waals surface area contributed by atoms with Crippen molar-refractivity contribution in [2.45, 2.75) is 13.8 Å². The SMILES string of the molecule is C/C(=C\c1nc[nH]c1C)c1coc2cc(-c3ccc4nc[nH]c4c3)ccc2c1=O. The fourth-order valence-corrected chi connectivity index (χ4v) is 3.49. The van der Waals surface area contributed by atoms with Gasteiger partial charge in [-0.15, -0.1) is 0 Å².